The summed E-state index contributed by atoms with van der Waals surface area (Å²) in [6.07, 6.45) is 1.34. The van der Waals surface area contributed by atoms with Crippen LogP contribution in [0, 0.1) is 6.92 Å². The van der Waals surface area contributed by atoms with Crippen molar-refractivity contribution < 1.29 is 8.42 Å². The average molecular weight is 290 g/mol. The van der Waals surface area contributed by atoms with Gasteiger partial charge in [0, 0.05) is 20.2 Å². The standard InChI is InChI=1S/C9H12ClN5O2S/c1-6-4-7(15(3)12-6)13-18(16,17)9-8(10)14(2)5-11-9/h4-5,13H,1-3H3. The molecule has 2 aromatic rings. The van der Waals surface area contributed by atoms with Crippen molar-refractivity contribution in [2.75, 3.05) is 4.72 Å². The second kappa shape index (κ2) is 4.29. The number of aryl methyl sites for hydroxylation is 3. The van der Waals surface area contributed by atoms with Crippen LogP contribution in [0.3, 0.4) is 0 Å². The molecule has 0 bridgehead atoms. The van der Waals surface area contributed by atoms with E-state index >= 15 is 0 Å². The summed E-state index contributed by atoms with van der Waals surface area (Å²) in [6, 6.07) is 1.62. The third kappa shape index (κ3) is 2.21. The van der Waals surface area contributed by atoms with E-state index in [0.717, 1.165) is 0 Å². The van der Waals surface area contributed by atoms with Crippen molar-refractivity contribution >= 4 is 27.4 Å². The zero-order chi connectivity index (χ0) is 13.5. The zero-order valence-electron chi connectivity index (χ0n) is 10.0. The Morgan fingerprint density at radius 2 is 2.06 bits per heavy atom. The van der Waals surface area contributed by atoms with E-state index in [0.29, 0.717) is 11.5 Å². The topological polar surface area (TPSA) is 81.8 Å². The molecule has 0 fully saturated rings. The smallest absolute Gasteiger partial charge is 0.283 e. The Bertz CT molecular complexity index is 688. The molecule has 0 aliphatic heterocycles. The summed E-state index contributed by atoms with van der Waals surface area (Å²) < 4.78 is 29.4. The number of hydrogen-bond donors (Lipinski definition) is 1. The molecule has 0 saturated heterocycles. The number of imidazole rings is 1. The molecule has 0 unspecified atom stereocenters. The predicted molar refractivity (Wildman–Crippen MR) is 67.0 cm³/mol. The molecule has 2 heterocycles. The van der Waals surface area contributed by atoms with E-state index in [9.17, 15) is 8.42 Å². The van der Waals surface area contributed by atoms with Crippen LogP contribution >= 0.6 is 11.6 Å². The van der Waals surface area contributed by atoms with Gasteiger partial charge in [0.25, 0.3) is 10.0 Å². The molecule has 0 aromatic carbocycles. The first-order chi connectivity index (χ1) is 8.31. The number of nitrogens with zero attached hydrogens (tertiary/aromatic N) is 4. The Balaban J connectivity index is 2.39. The molecule has 0 aliphatic carbocycles. The van der Waals surface area contributed by atoms with Crippen molar-refractivity contribution in [2.24, 2.45) is 14.1 Å². The highest BCUT2D eigenvalue weighted by atomic mass is 35.5. The SMILES string of the molecule is Cc1cc(NS(=O)(=O)c2ncn(C)c2Cl)n(C)n1. The minimum Gasteiger partial charge on any atom is -0.324 e. The van der Waals surface area contributed by atoms with Gasteiger partial charge in [0.15, 0.2) is 0 Å². The van der Waals surface area contributed by atoms with E-state index < -0.39 is 10.0 Å². The maximum Gasteiger partial charge on any atom is 0.283 e. The van der Waals surface area contributed by atoms with Crippen molar-refractivity contribution in [1.82, 2.24) is 19.3 Å². The molecule has 9 heteroatoms. The van der Waals surface area contributed by atoms with Crippen LogP contribution in [-0.4, -0.2) is 27.7 Å². The van der Waals surface area contributed by atoms with E-state index in [-0.39, 0.29) is 10.2 Å². The van der Waals surface area contributed by atoms with Gasteiger partial charge in [-0.1, -0.05) is 11.6 Å². The van der Waals surface area contributed by atoms with Crippen LogP contribution in [0.15, 0.2) is 17.4 Å². The summed E-state index contributed by atoms with van der Waals surface area (Å²) in [6.45, 7) is 1.77. The highest BCUT2D eigenvalue weighted by molar-refractivity contribution is 7.92. The fourth-order valence-electron chi connectivity index (χ4n) is 1.47. The van der Waals surface area contributed by atoms with Gasteiger partial charge in [-0.15, -0.1) is 0 Å². The molecule has 0 aliphatic rings. The van der Waals surface area contributed by atoms with Gasteiger partial charge in [-0.05, 0) is 6.92 Å². The Morgan fingerprint density at radius 1 is 1.39 bits per heavy atom. The van der Waals surface area contributed by atoms with Crippen LogP contribution < -0.4 is 4.72 Å². The van der Waals surface area contributed by atoms with Crippen LogP contribution in [0.5, 0.6) is 0 Å². The second-order valence-electron chi connectivity index (χ2n) is 3.85. The van der Waals surface area contributed by atoms with Crippen LogP contribution in [0.25, 0.3) is 0 Å². The van der Waals surface area contributed by atoms with E-state index in [1.807, 2.05) is 0 Å². The Morgan fingerprint density at radius 3 is 2.50 bits per heavy atom. The number of sulfonamides is 1. The van der Waals surface area contributed by atoms with Gasteiger partial charge < -0.3 is 4.57 Å². The maximum atomic E-state index is 12.1. The third-order valence-electron chi connectivity index (χ3n) is 2.33. The number of aromatic nitrogens is 4. The number of nitrogens with one attached hydrogen (secondary N) is 1. The lowest BCUT2D eigenvalue weighted by atomic mass is 10.5. The first-order valence-electron chi connectivity index (χ1n) is 5.01. The molecule has 0 radical (unpaired) electrons. The van der Waals surface area contributed by atoms with Gasteiger partial charge in [0.1, 0.15) is 11.0 Å². The van der Waals surface area contributed by atoms with E-state index in [4.69, 9.17) is 11.6 Å². The summed E-state index contributed by atoms with van der Waals surface area (Å²) in [5.74, 6) is 0.356. The molecule has 1 N–H and O–H groups in total. The van der Waals surface area contributed by atoms with Gasteiger partial charge >= 0.3 is 0 Å². The number of halogens is 1. The lowest BCUT2D eigenvalue weighted by Crippen LogP contribution is -2.16. The van der Waals surface area contributed by atoms with Gasteiger partial charge in [-0.3, -0.25) is 9.40 Å². The molecule has 0 atom stereocenters. The second-order valence-corrected chi connectivity index (χ2v) is 5.81. The summed E-state index contributed by atoms with van der Waals surface area (Å²) >= 11 is 5.86. The highest BCUT2D eigenvalue weighted by Crippen LogP contribution is 2.21. The third-order valence-corrected chi connectivity index (χ3v) is 4.17. The first-order valence-corrected chi connectivity index (χ1v) is 6.87. The van der Waals surface area contributed by atoms with Crippen LogP contribution in [-0.2, 0) is 24.1 Å². The van der Waals surface area contributed by atoms with Gasteiger partial charge in [-0.25, -0.2) is 4.98 Å². The number of rotatable bonds is 3. The molecule has 7 nitrogen and oxygen atoms in total. The van der Waals surface area contributed by atoms with Crippen LogP contribution in [0.1, 0.15) is 5.69 Å². The highest BCUT2D eigenvalue weighted by Gasteiger charge is 2.23. The van der Waals surface area contributed by atoms with Crippen molar-refractivity contribution in [1.29, 1.82) is 0 Å². The lowest BCUT2D eigenvalue weighted by molar-refractivity contribution is 0.597. The predicted octanol–water partition coefficient (Wildman–Crippen LogP) is 0.916. The molecule has 0 saturated carbocycles. The lowest BCUT2D eigenvalue weighted by Gasteiger charge is -2.06. The van der Waals surface area contributed by atoms with Gasteiger partial charge in [0.05, 0.1) is 12.0 Å². The summed E-state index contributed by atoms with van der Waals surface area (Å²) in [4.78, 5) is 3.77. The minimum atomic E-state index is -3.81. The number of anilines is 1. The molecule has 98 valence electrons. The fraction of sp³-hybridized carbons (Fsp3) is 0.333. The first kappa shape index (κ1) is 12.9. The Hall–Kier alpha value is -1.54. The summed E-state index contributed by atoms with van der Waals surface area (Å²) in [5.41, 5.74) is 0.710. The van der Waals surface area contributed by atoms with E-state index in [1.54, 1.807) is 27.1 Å². The van der Waals surface area contributed by atoms with Crippen LogP contribution in [0.2, 0.25) is 5.15 Å². The van der Waals surface area contributed by atoms with Crippen molar-refractivity contribution in [2.45, 2.75) is 11.9 Å². The van der Waals surface area contributed by atoms with E-state index in [1.165, 1.54) is 15.6 Å². The van der Waals surface area contributed by atoms with Crippen molar-refractivity contribution in [3.05, 3.63) is 23.2 Å². The van der Waals surface area contributed by atoms with Crippen molar-refractivity contribution in [3.63, 3.8) is 0 Å². The summed E-state index contributed by atoms with van der Waals surface area (Å²) in [7, 11) is -0.550. The van der Waals surface area contributed by atoms with Crippen LogP contribution in [0.4, 0.5) is 5.82 Å². The molecular formula is C9H12ClN5O2S. The van der Waals surface area contributed by atoms with Gasteiger partial charge in [-0.2, -0.15) is 13.5 Å². The molecule has 2 aromatic heterocycles. The normalized spacial score (nSPS) is 11.8. The Kier molecular flexibility index (Phi) is 3.07. The largest absolute Gasteiger partial charge is 0.324 e. The molecular weight excluding hydrogens is 278 g/mol. The molecule has 2 rings (SSSR count). The van der Waals surface area contributed by atoms with Gasteiger partial charge in [0.2, 0.25) is 5.03 Å². The maximum absolute atomic E-state index is 12.1. The number of hydrogen-bond acceptors (Lipinski definition) is 4. The fourth-order valence-corrected chi connectivity index (χ4v) is 2.98. The Labute approximate surface area is 109 Å². The molecule has 0 spiro atoms. The zero-order valence-corrected chi connectivity index (χ0v) is 11.6. The van der Waals surface area contributed by atoms with E-state index in [2.05, 4.69) is 14.8 Å². The molecule has 0 amide bonds. The quantitative estimate of drug-likeness (QED) is 0.911. The monoisotopic (exact) mass is 289 g/mol. The summed E-state index contributed by atoms with van der Waals surface area (Å²) in [5, 5.41) is 3.90. The van der Waals surface area contributed by atoms with Crippen molar-refractivity contribution in [3.8, 4) is 0 Å². The minimum absolute atomic E-state index is 0.0568. The average Bonchev–Trinajstić information content (AvgIpc) is 2.72. The molecule has 18 heavy (non-hydrogen) atoms.